The Bertz CT molecular complexity index is 1050. The van der Waals surface area contributed by atoms with Crippen molar-refractivity contribution in [2.45, 2.75) is 70.0 Å². The quantitative estimate of drug-likeness (QED) is 0.382. The van der Waals surface area contributed by atoms with Gasteiger partial charge in [-0.2, -0.15) is 0 Å². The summed E-state index contributed by atoms with van der Waals surface area (Å²) >= 11 is 0. The lowest BCUT2D eigenvalue weighted by atomic mass is 9.87. The Hall–Kier alpha value is -2.94. The minimum absolute atomic E-state index is 0.0741. The highest BCUT2D eigenvalue weighted by molar-refractivity contribution is 5.99. The van der Waals surface area contributed by atoms with E-state index >= 15 is 0 Å². The van der Waals surface area contributed by atoms with Gasteiger partial charge in [-0.05, 0) is 37.0 Å². The summed E-state index contributed by atoms with van der Waals surface area (Å²) in [4.78, 5) is 14.3. The van der Waals surface area contributed by atoms with E-state index in [2.05, 4.69) is 10.6 Å². The molecule has 5 N–H and O–H groups in total. The first kappa shape index (κ1) is 24.2. The first-order chi connectivity index (χ1) is 16.2. The smallest absolute Gasteiger partial charge is 0.231 e. The Kier molecular flexibility index (Phi) is 6.66. The summed E-state index contributed by atoms with van der Waals surface area (Å²) in [5.41, 5.74) is 1.05. The van der Waals surface area contributed by atoms with Crippen molar-refractivity contribution in [2.75, 3.05) is 6.61 Å². The molecule has 0 aromatic heterocycles. The molecule has 2 aliphatic heterocycles. The maximum Gasteiger partial charge on any atom is 0.231 e. The van der Waals surface area contributed by atoms with Crippen LogP contribution < -0.4 is 15.4 Å². The highest BCUT2D eigenvalue weighted by atomic mass is 16.5. The van der Waals surface area contributed by atoms with Crippen LogP contribution >= 0.6 is 0 Å². The summed E-state index contributed by atoms with van der Waals surface area (Å²) in [5.74, 6) is 0.722. The number of para-hydroxylation sites is 1. The average Bonchev–Trinajstić information content (AvgIpc) is 3.13. The SMILES string of the molecule is CCC1(CC)CC(=O)N(Cc2cccc(C(O)N[C@@H]3c4ccccc4OC3(C)CO)c2)C(=N)N1. The van der Waals surface area contributed by atoms with Gasteiger partial charge in [-0.1, -0.05) is 56.3 Å². The zero-order valence-electron chi connectivity index (χ0n) is 20.0. The molecule has 182 valence electrons. The van der Waals surface area contributed by atoms with Gasteiger partial charge in [0.25, 0.3) is 0 Å². The second-order valence-corrected chi connectivity index (χ2v) is 9.48. The zero-order chi connectivity index (χ0) is 24.5. The Labute approximate surface area is 200 Å². The van der Waals surface area contributed by atoms with Gasteiger partial charge in [0.15, 0.2) is 5.96 Å². The number of guanidine groups is 1. The number of fused-ring (bicyclic) bond motifs is 1. The van der Waals surface area contributed by atoms with E-state index in [4.69, 9.17) is 10.1 Å². The molecule has 2 aromatic rings. The number of ether oxygens (including phenoxy) is 1. The molecule has 2 heterocycles. The van der Waals surface area contributed by atoms with E-state index in [9.17, 15) is 15.0 Å². The number of nitrogens with zero attached hydrogens (tertiary/aromatic N) is 1. The van der Waals surface area contributed by atoms with Gasteiger partial charge in [0, 0.05) is 11.1 Å². The van der Waals surface area contributed by atoms with E-state index in [0.29, 0.717) is 17.7 Å². The number of aliphatic hydroxyl groups excluding tert-OH is 2. The number of benzene rings is 2. The number of aliphatic hydroxyl groups is 2. The molecule has 2 unspecified atom stereocenters. The van der Waals surface area contributed by atoms with E-state index < -0.39 is 17.9 Å². The summed E-state index contributed by atoms with van der Waals surface area (Å²) in [7, 11) is 0. The van der Waals surface area contributed by atoms with E-state index in [1.54, 1.807) is 13.0 Å². The fraction of sp³-hybridized carbons (Fsp3) is 0.462. The number of carbonyl (C=O) groups is 1. The van der Waals surface area contributed by atoms with Gasteiger partial charge >= 0.3 is 0 Å². The molecule has 34 heavy (non-hydrogen) atoms. The van der Waals surface area contributed by atoms with Crippen LogP contribution in [0.3, 0.4) is 0 Å². The lowest BCUT2D eigenvalue weighted by molar-refractivity contribution is -0.131. The van der Waals surface area contributed by atoms with Crippen LogP contribution in [0.15, 0.2) is 48.5 Å². The van der Waals surface area contributed by atoms with Gasteiger partial charge in [-0.3, -0.25) is 20.4 Å². The molecule has 2 aromatic carbocycles. The molecule has 1 fully saturated rings. The zero-order valence-corrected chi connectivity index (χ0v) is 20.0. The molecule has 0 bridgehead atoms. The van der Waals surface area contributed by atoms with Crippen LogP contribution in [0.1, 0.15) is 69.0 Å². The van der Waals surface area contributed by atoms with E-state index in [1.165, 1.54) is 4.90 Å². The van der Waals surface area contributed by atoms with Gasteiger partial charge in [0.05, 0.1) is 25.6 Å². The summed E-state index contributed by atoms with van der Waals surface area (Å²) in [6.07, 6.45) is 0.889. The second kappa shape index (κ2) is 9.37. The average molecular weight is 467 g/mol. The van der Waals surface area contributed by atoms with Crippen molar-refractivity contribution in [3.8, 4) is 5.75 Å². The maximum absolute atomic E-state index is 12.9. The number of carbonyl (C=O) groups excluding carboxylic acids is 1. The van der Waals surface area contributed by atoms with Crippen molar-refractivity contribution < 1.29 is 19.7 Å². The van der Waals surface area contributed by atoms with Crippen LogP contribution in [-0.4, -0.2) is 44.7 Å². The topological polar surface area (TPSA) is 118 Å². The van der Waals surface area contributed by atoms with Gasteiger partial charge < -0.3 is 20.3 Å². The van der Waals surface area contributed by atoms with Crippen LogP contribution in [0.2, 0.25) is 0 Å². The predicted octanol–water partition coefficient (Wildman–Crippen LogP) is 2.97. The highest BCUT2D eigenvalue weighted by Gasteiger charge is 2.45. The number of hydrogen-bond donors (Lipinski definition) is 5. The van der Waals surface area contributed by atoms with E-state index in [1.807, 2.05) is 56.3 Å². The third-order valence-corrected chi connectivity index (χ3v) is 7.23. The van der Waals surface area contributed by atoms with E-state index in [0.717, 1.165) is 24.0 Å². The Morgan fingerprint density at radius 3 is 2.65 bits per heavy atom. The van der Waals surface area contributed by atoms with Crippen LogP contribution in [0.5, 0.6) is 5.75 Å². The van der Waals surface area contributed by atoms with E-state index in [-0.39, 0.29) is 30.6 Å². The van der Waals surface area contributed by atoms with Gasteiger partial charge in [-0.25, -0.2) is 0 Å². The summed E-state index contributed by atoms with van der Waals surface area (Å²) in [6, 6.07) is 14.5. The number of nitrogens with one attached hydrogen (secondary N) is 3. The number of amides is 1. The van der Waals surface area contributed by atoms with Crippen molar-refractivity contribution in [2.24, 2.45) is 0 Å². The predicted molar refractivity (Wildman–Crippen MR) is 129 cm³/mol. The first-order valence-electron chi connectivity index (χ1n) is 11.8. The molecule has 8 heteroatoms. The molecule has 1 amide bonds. The third-order valence-electron chi connectivity index (χ3n) is 7.23. The Balaban J connectivity index is 1.50. The Morgan fingerprint density at radius 1 is 1.24 bits per heavy atom. The standard InChI is InChI=1S/C26H34N4O4/c1-4-26(5-2)14-21(32)30(24(27)29-26)15-17-9-8-10-18(13-17)23(33)28-22-19-11-6-7-12-20(19)34-25(22,3)16-31/h6-13,22-23,28,31,33H,4-5,14-16H2,1-3H3,(H2,27,29)/t22-,23?,25?/m1/s1. The fourth-order valence-corrected chi connectivity index (χ4v) is 4.86. The maximum atomic E-state index is 12.9. The first-order valence-corrected chi connectivity index (χ1v) is 11.8. The lowest BCUT2D eigenvalue weighted by Gasteiger charge is -2.42. The molecular formula is C26H34N4O4. The molecule has 0 saturated carbocycles. The van der Waals surface area contributed by atoms with Crippen molar-refractivity contribution in [1.82, 2.24) is 15.5 Å². The minimum atomic E-state index is -1.02. The Morgan fingerprint density at radius 2 is 1.97 bits per heavy atom. The number of hydrogen-bond acceptors (Lipinski definition) is 6. The second-order valence-electron chi connectivity index (χ2n) is 9.48. The molecule has 0 aliphatic carbocycles. The van der Waals surface area contributed by atoms with Gasteiger partial charge in [0.1, 0.15) is 17.6 Å². The van der Waals surface area contributed by atoms with Gasteiger partial charge in [-0.15, -0.1) is 0 Å². The molecule has 3 atom stereocenters. The van der Waals surface area contributed by atoms with Crippen molar-refractivity contribution >= 4 is 11.9 Å². The van der Waals surface area contributed by atoms with Crippen molar-refractivity contribution in [1.29, 1.82) is 5.41 Å². The lowest BCUT2D eigenvalue weighted by Crippen LogP contribution is -2.61. The fourth-order valence-electron chi connectivity index (χ4n) is 4.86. The minimum Gasteiger partial charge on any atom is -0.483 e. The molecular weight excluding hydrogens is 432 g/mol. The van der Waals surface area contributed by atoms with Crippen molar-refractivity contribution in [3.05, 3.63) is 65.2 Å². The molecule has 0 radical (unpaired) electrons. The van der Waals surface area contributed by atoms with Crippen LogP contribution in [0.25, 0.3) is 0 Å². The molecule has 0 spiro atoms. The number of rotatable bonds is 8. The molecule has 2 aliphatic rings. The summed E-state index contributed by atoms with van der Waals surface area (Å²) in [6.45, 7) is 5.90. The van der Waals surface area contributed by atoms with Crippen LogP contribution in [-0.2, 0) is 11.3 Å². The molecule has 4 rings (SSSR count). The third kappa shape index (κ3) is 4.41. The monoisotopic (exact) mass is 466 g/mol. The normalized spacial score (nSPS) is 24.4. The van der Waals surface area contributed by atoms with Gasteiger partial charge in [0.2, 0.25) is 5.91 Å². The molecule has 1 saturated heterocycles. The largest absolute Gasteiger partial charge is 0.483 e. The summed E-state index contributed by atoms with van der Waals surface area (Å²) in [5, 5.41) is 35.8. The van der Waals surface area contributed by atoms with Crippen LogP contribution in [0, 0.1) is 5.41 Å². The van der Waals surface area contributed by atoms with Crippen molar-refractivity contribution in [3.63, 3.8) is 0 Å². The highest BCUT2D eigenvalue weighted by Crippen LogP contribution is 2.43. The summed E-state index contributed by atoms with van der Waals surface area (Å²) < 4.78 is 5.98. The molecule has 8 nitrogen and oxygen atoms in total. The van der Waals surface area contributed by atoms with Crippen LogP contribution in [0.4, 0.5) is 0 Å².